The summed E-state index contributed by atoms with van der Waals surface area (Å²) in [4.78, 5) is 11.5. The van der Waals surface area contributed by atoms with Gasteiger partial charge in [-0.15, -0.1) is 5.10 Å². The minimum Gasteiger partial charge on any atom is -0.428 e. The average molecular weight is 142 g/mol. The minimum absolute atomic E-state index is 0.312. The number of carbonyl (C=O) groups is 1. The van der Waals surface area contributed by atoms with Crippen molar-refractivity contribution in [2.45, 2.75) is 6.92 Å². The lowest BCUT2D eigenvalue weighted by molar-refractivity contribution is -0.704. The molecule has 0 aliphatic rings. The number of aromatic nitrogens is 4. The Hall–Kier alpha value is -1.46. The first-order chi connectivity index (χ1) is 4.84. The highest BCUT2D eigenvalue weighted by Crippen LogP contribution is 1.71. The lowest BCUT2D eigenvalue weighted by Gasteiger charge is -1.89. The summed E-state index contributed by atoms with van der Waals surface area (Å²) in [6.45, 7) is 2.02. The van der Waals surface area contributed by atoms with Crippen molar-refractivity contribution in [2.75, 3.05) is 6.61 Å². The molecular weight excluding hydrogens is 136 g/mol. The van der Waals surface area contributed by atoms with E-state index in [0.29, 0.717) is 6.61 Å². The first-order valence-corrected chi connectivity index (χ1v) is 2.72. The topological polar surface area (TPSA) is 71.8 Å². The Morgan fingerprint density at radius 2 is 2.70 bits per heavy atom. The molecule has 1 aromatic heterocycles. The highest BCUT2D eigenvalue weighted by molar-refractivity contribution is 5.55. The van der Waals surface area contributed by atoms with Crippen LogP contribution in [0.15, 0.2) is 0 Å². The van der Waals surface area contributed by atoms with Gasteiger partial charge in [0.1, 0.15) is 5.10 Å². The maximum atomic E-state index is 10.7. The molecular formula is C4H6N4O2+. The van der Waals surface area contributed by atoms with E-state index in [9.17, 15) is 4.79 Å². The van der Waals surface area contributed by atoms with E-state index in [1.54, 1.807) is 6.92 Å². The Morgan fingerprint density at radius 1 is 1.90 bits per heavy atom. The van der Waals surface area contributed by atoms with Gasteiger partial charge in [0, 0.05) is 0 Å². The van der Waals surface area contributed by atoms with Crippen LogP contribution in [0.1, 0.15) is 6.92 Å². The van der Waals surface area contributed by atoms with Gasteiger partial charge in [-0.1, -0.05) is 0 Å². The number of tetrazole rings is 1. The Bertz CT molecular complexity index is 207. The number of H-pyrrole nitrogens is 1. The van der Waals surface area contributed by atoms with Crippen molar-refractivity contribution in [2.24, 2.45) is 0 Å². The van der Waals surface area contributed by atoms with Crippen LogP contribution in [0.4, 0.5) is 4.79 Å². The summed E-state index contributed by atoms with van der Waals surface area (Å²) in [5.41, 5.74) is 0. The van der Waals surface area contributed by atoms with Crippen LogP contribution in [0, 0.1) is 6.33 Å². The van der Waals surface area contributed by atoms with Crippen LogP contribution in [-0.2, 0) is 4.74 Å². The maximum absolute atomic E-state index is 10.7. The molecule has 0 amide bonds. The van der Waals surface area contributed by atoms with E-state index < -0.39 is 6.09 Å². The first kappa shape index (κ1) is 6.66. The number of aromatic amines is 1. The van der Waals surface area contributed by atoms with E-state index in [-0.39, 0.29) is 0 Å². The van der Waals surface area contributed by atoms with Gasteiger partial charge < -0.3 is 4.74 Å². The molecule has 6 nitrogen and oxygen atoms in total. The van der Waals surface area contributed by atoms with Crippen LogP contribution in [0.5, 0.6) is 0 Å². The van der Waals surface area contributed by atoms with Crippen LogP contribution < -0.4 is 4.80 Å². The van der Waals surface area contributed by atoms with Gasteiger partial charge in [-0.25, -0.2) is 0 Å². The molecule has 0 spiro atoms. The molecule has 6 heteroatoms. The second-order valence-corrected chi connectivity index (χ2v) is 1.42. The Balaban J connectivity index is 2.59. The highest BCUT2D eigenvalue weighted by Gasteiger charge is 2.14. The SMILES string of the molecule is CCOC(=O)[n+]1nn[c][nH]1. The Kier molecular flexibility index (Phi) is 1.93. The van der Waals surface area contributed by atoms with Crippen molar-refractivity contribution in [3.63, 3.8) is 0 Å². The largest absolute Gasteiger partial charge is 0.553 e. The molecule has 10 heavy (non-hydrogen) atoms. The number of rotatable bonds is 1. The molecule has 1 heterocycles. The minimum atomic E-state index is -0.587. The summed E-state index contributed by atoms with van der Waals surface area (Å²) in [6.07, 6.45) is 1.66. The Morgan fingerprint density at radius 3 is 3.20 bits per heavy atom. The molecule has 0 atom stereocenters. The molecule has 0 unspecified atom stereocenters. The van der Waals surface area contributed by atoms with E-state index in [1.165, 1.54) is 0 Å². The van der Waals surface area contributed by atoms with Gasteiger partial charge in [-0.2, -0.15) is 4.79 Å². The number of hydrogen-bond donors (Lipinski definition) is 1. The zero-order valence-electron chi connectivity index (χ0n) is 5.37. The fraction of sp³-hybridized carbons (Fsp3) is 0.500. The van der Waals surface area contributed by atoms with Gasteiger partial charge in [-0.3, -0.25) is 0 Å². The van der Waals surface area contributed by atoms with Gasteiger partial charge in [-0.05, 0) is 6.92 Å². The summed E-state index contributed by atoms with van der Waals surface area (Å²) >= 11 is 0. The van der Waals surface area contributed by atoms with Crippen molar-refractivity contribution < 1.29 is 14.3 Å². The summed E-state index contributed by atoms with van der Waals surface area (Å²) in [7, 11) is 0. The lowest BCUT2D eigenvalue weighted by atomic mass is 10.9. The van der Waals surface area contributed by atoms with E-state index in [0.717, 1.165) is 4.80 Å². The van der Waals surface area contributed by atoms with Crippen molar-refractivity contribution in [3.8, 4) is 0 Å². The fourth-order valence-corrected chi connectivity index (χ4v) is 0.426. The molecule has 0 aliphatic carbocycles. The molecule has 53 valence electrons. The number of hydrogen-bond acceptors (Lipinski definition) is 4. The van der Waals surface area contributed by atoms with Crippen molar-refractivity contribution >= 4 is 6.09 Å². The predicted molar refractivity (Wildman–Crippen MR) is 27.8 cm³/mol. The molecule has 0 saturated heterocycles. The molecule has 1 rings (SSSR count). The van der Waals surface area contributed by atoms with Crippen molar-refractivity contribution in [1.29, 1.82) is 0 Å². The zero-order valence-corrected chi connectivity index (χ0v) is 5.37. The summed E-state index contributed by atoms with van der Waals surface area (Å²) in [5.74, 6) is 0. The second kappa shape index (κ2) is 2.90. The number of ether oxygens (including phenoxy) is 1. The molecule has 0 bridgehead atoms. The van der Waals surface area contributed by atoms with Crippen LogP contribution >= 0.6 is 0 Å². The van der Waals surface area contributed by atoms with Gasteiger partial charge in [0.2, 0.25) is 0 Å². The molecule has 0 saturated carbocycles. The summed E-state index contributed by atoms with van der Waals surface area (Å²) < 4.78 is 4.56. The number of carbonyl (C=O) groups excluding carboxylic acids is 1. The van der Waals surface area contributed by atoms with E-state index in [2.05, 4.69) is 26.5 Å². The van der Waals surface area contributed by atoms with Crippen molar-refractivity contribution in [1.82, 2.24) is 15.4 Å². The van der Waals surface area contributed by atoms with Gasteiger partial charge in [0.05, 0.1) is 11.4 Å². The molecule has 1 aromatic rings. The third kappa shape index (κ3) is 1.28. The third-order valence-corrected chi connectivity index (χ3v) is 0.781. The molecule has 0 aromatic carbocycles. The number of nitrogens with zero attached hydrogens (tertiary/aromatic N) is 3. The van der Waals surface area contributed by atoms with E-state index in [1.807, 2.05) is 0 Å². The smallest absolute Gasteiger partial charge is 0.428 e. The quantitative estimate of drug-likeness (QED) is 0.505. The van der Waals surface area contributed by atoms with Gasteiger partial charge in [0.15, 0.2) is 5.21 Å². The zero-order chi connectivity index (χ0) is 7.40. The normalized spacial score (nSPS) is 9.30. The van der Waals surface area contributed by atoms with E-state index in [4.69, 9.17) is 0 Å². The highest BCUT2D eigenvalue weighted by atomic mass is 16.6. The first-order valence-electron chi connectivity index (χ1n) is 2.72. The van der Waals surface area contributed by atoms with Crippen LogP contribution in [0.2, 0.25) is 0 Å². The van der Waals surface area contributed by atoms with Crippen LogP contribution in [-0.4, -0.2) is 28.1 Å². The maximum Gasteiger partial charge on any atom is 0.553 e. The fourth-order valence-electron chi connectivity index (χ4n) is 0.426. The lowest BCUT2D eigenvalue weighted by Crippen LogP contribution is -2.47. The molecule has 0 fully saturated rings. The summed E-state index contributed by atoms with van der Waals surface area (Å²) in [6, 6.07) is 0. The van der Waals surface area contributed by atoms with E-state index >= 15 is 0 Å². The monoisotopic (exact) mass is 142 g/mol. The molecule has 0 aliphatic heterocycles. The van der Waals surface area contributed by atoms with Gasteiger partial charge in [0.25, 0.3) is 0 Å². The Labute approximate surface area is 56.8 Å². The molecule has 1 radical (unpaired) electrons. The van der Waals surface area contributed by atoms with Crippen LogP contribution in [0.25, 0.3) is 0 Å². The second-order valence-electron chi connectivity index (χ2n) is 1.42. The number of nitrogens with one attached hydrogen (secondary N) is 1. The van der Waals surface area contributed by atoms with Gasteiger partial charge >= 0.3 is 12.4 Å². The molecule has 1 N–H and O–H groups in total. The average Bonchev–Trinajstić information content (AvgIpc) is 2.38. The predicted octanol–water partition coefficient (Wildman–Crippen LogP) is -1.10. The summed E-state index contributed by atoms with van der Waals surface area (Å²) in [5, 5.41) is 8.89. The van der Waals surface area contributed by atoms with Crippen molar-refractivity contribution in [3.05, 3.63) is 6.33 Å². The standard InChI is InChI=1S/C4H6N4O2/c1-2-10-4(9)8-6-3-5-7-8/h2H2,1H3,(H,5,6,7)/q+1. The van der Waals surface area contributed by atoms with Crippen LogP contribution in [0.3, 0.4) is 0 Å². The third-order valence-electron chi connectivity index (χ3n) is 0.781.